The molecule has 0 saturated heterocycles. The first-order valence-corrected chi connectivity index (χ1v) is 11.5. The molecular formula is C16H30O3Si. The zero-order chi connectivity index (χ0) is 14.9. The molecule has 20 heavy (non-hydrogen) atoms. The van der Waals surface area contributed by atoms with E-state index in [9.17, 15) is 4.79 Å². The fraction of sp³-hybridized carbons (Fsp3) is 0.938. The Morgan fingerprint density at radius 2 is 1.50 bits per heavy atom. The van der Waals surface area contributed by atoms with Gasteiger partial charge in [0.05, 0.1) is 0 Å². The van der Waals surface area contributed by atoms with Crippen molar-refractivity contribution in [3.63, 3.8) is 0 Å². The SMILES string of the molecule is COC1(C2(O[Si](C)(C)C)CCC2=O)CCCCCCC1. The number of carbonyl (C=O) groups excluding carboxylic acids is 1. The Bertz CT molecular complexity index is 353. The summed E-state index contributed by atoms with van der Waals surface area (Å²) in [6, 6.07) is 0. The average molecular weight is 298 g/mol. The van der Waals surface area contributed by atoms with Crippen molar-refractivity contribution in [2.75, 3.05) is 7.11 Å². The van der Waals surface area contributed by atoms with Crippen LogP contribution in [0.15, 0.2) is 0 Å². The van der Waals surface area contributed by atoms with Gasteiger partial charge < -0.3 is 9.16 Å². The zero-order valence-corrected chi connectivity index (χ0v) is 14.6. The number of carbonyl (C=O) groups is 1. The van der Waals surface area contributed by atoms with Crippen LogP contribution >= 0.6 is 0 Å². The van der Waals surface area contributed by atoms with Gasteiger partial charge in [0.2, 0.25) is 0 Å². The molecule has 4 heteroatoms. The summed E-state index contributed by atoms with van der Waals surface area (Å²) >= 11 is 0. The molecule has 116 valence electrons. The summed E-state index contributed by atoms with van der Waals surface area (Å²) in [6.07, 6.45) is 9.58. The van der Waals surface area contributed by atoms with Crippen molar-refractivity contribution in [2.24, 2.45) is 0 Å². The highest BCUT2D eigenvalue weighted by molar-refractivity contribution is 6.70. The van der Waals surface area contributed by atoms with E-state index in [0.717, 1.165) is 32.1 Å². The molecule has 1 atom stereocenters. The van der Waals surface area contributed by atoms with Gasteiger partial charge in [0.25, 0.3) is 0 Å². The minimum absolute atomic E-state index is 0.280. The minimum Gasteiger partial charge on any atom is -0.403 e. The lowest BCUT2D eigenvalue weighted by molar-refractivity contribution is -0.202. The molecule has 2 rings (SSSR count). The van der Waals surface area contributed by atoms with Crippen molar-refractivity contribution >= 4 is 14.1 Å². The third-order valence-corrected chi connectivity index (χ3v) is 5.88. The van der Waals surface area contributed by atoms with Gasteiger partial charge in [0.15, 0.2) is 14.1 Å². The molecule has 0 aliphatic heterocycles. The van der Waals surface area contributed by atoms with Crippen LogP contribution in [0.2, 0.25) is 19.6 Å². The molecular weight excluding hydrogens is 268 g/mol. The molecule has 0 heterocycles. The monoisotopic (exact) mass is 298 g/mol. The van der Waals surface area contributed by atoms with Gasteiger partial charge >= 0.3 is 0 Å². The average Bonchev–Trinajstić information content (AvgIpc) is 2.34. The largest absolute Gasteiger partial charge is 0.403 e. The van der Waals surface area contributed by atoms with Crippen molar-refractivity contribution in [1.29, 1.82) is 0 Å². The van der Waals surface area contributed by atoms with Gasteiger partial charge in [0.1, 0.15) is 11.2 Å². The molecule has 2 saturated carbocycles. The third-order valence-electron chi connectivity index (χ3n) is 4.92. The highest BCUT2D eigenvalue weighted by atomic mass is 28.4. The Morgan fingerprint density at radius 3 is 1.85 bits per heavy atom. The van der Waals surface area contributed by atoms with E-state index >= 15 is 0 Å². The number of hydrogen-bond donors (Lipinski definition) is 0. The van der Waals surface area contributed by atoms with Crippen LogP contribution in [0.25, 0.3) is 0 Å². The fourth-order valence-corrected chi connectivity index (χ4v) is 5.36. The zero-order valence-electron chi connectivity index (χ0n) is 13.6. The van der Waals surface area contributed by atoms with Crippen molar-refractivity contribution < 1.29 is 14.0 Å². The lowest BCUT2D eigenvalue weighted by Gasteiger charge is -2.56. The second-order valence-corrected chi connectivity index (χ2v) is 11.9. The molecule has 0 aromatic rings. The number of rotatable bonds is 4. The summed E-state index contributed by atoms with van der Waals surface area (Å²) in [7, 11) is -0.000980. The van der Waals surface area contributed by atoms with Gasteiger partial charge in [0, 0.05) is 13.5 Å². The molecule has 0 N–H and O–H groups in total. The van der Waals surface area contributed by atoms with Crippen molar-refractivity contribution in [1.82, 2.24) is 0 Å². The number of methoxy groups -OCH3 is 1. The molecule has 2 aliphatic carbocycles. The lowest BCUT2D eigenvalue weighted by atomic mass is 9.63. The molecule has 2 fully saturated rings. The van der Waals surface area contributed by atoms with E-state index in [1.807, 2.05) is 0 Å². The standard InChI is InChI=1S/C16H30O3Si/c1-18-15(11-8-6-5-7-9-12-15)16(13-10-14(16)17)19-20(2,3)4/h5-13H2,1-4H3. The van der Waals surface area contributed by atoms with E-state index < -0.39 is 13.9 Å². The maximum Gasteiger partial charge on any atom is 0.185 e. The Labute approximate surface area is 124 Å². The predicted molar refractivity (Wildman–Crippen MR) is 83.5 cm³/mol. The normalized spacial score (nSPS) is 31.3. The van der Waals surface area contributed by atoms with E-state index in [1.54, 1.807) is 7.11 Å². The predicted octanol–water partition coefficient (Wildman–Crippen LogP) is 4.07. The molecule has 0 amide bonds. The maximum atomic E-state index is 12.5. The quantitative estimate of drug-likeness (QED) is 0.734. The van der Waals surface area contributed by atoms with E-state index in [4.69, 9.17) is 9.16 Å². The highest BCUT2D eigenvalue weighted by Gasteiger charge is 2.62. The highest BCUT2D eigenvalue weighted by Crippen LogP contribution is 2.50. The smallest absolute Gasteiger partial charge is 0.185 e. The summed E-state index contributed by atoms with van der Waals surface area (Å²) < 4.78 is 12.5. The second kappa shape index (κ2) is 5.89. The van der Waals surface area contributed by atoms with E-state index in [0.29, 0.717) is 6.42 Å². The topological polar surface area (TPSA) is 35.5 Å². The number of Topliss-reactive ketones (excluding diaryl/α,β-unsaturated/α-hetero) is 1. The van der Waals surface area contributed by atoms with Gasteiger partial charge in [-0.05, 0) is 38.9 Å². The van der Waals surface area contributed by atoms with Gasteiger partial charge in [-0.15, -0.1) is 0 Å². The fourth-order valence-electron chi connectivity index (χ4n) is 3.91. The third kappa shape index (κ3) is 2.88. The van der Waals surface area contributed by atoms with Crippen molar-refractivity contribution in [3.05, 3.63) is 0 Å². The molecule has 1 unspecified atom stereocenters. The van der Waals surface area contributed by atoms with Gasteiger partial charge in [-0.25, -0.2) is 0 Å². The first-order valence-electron chi connectivity index (χ1n) is 8.14. The minimum atomic E-state index is -1.78. The van der Waals surface area contributed by atoms with Crippen LogP contribution in [0, 0.1) is 0 Å². The van der Waals surface area contributed by atoms with Crippen molar-refractivity contribution in [2.45, 2.75) is 88.6 Å². The number of ketones is 1. The number of hydrogen-bond acceptors (Lipinski definition) is 3. The lowest BCUT2D eigenvalue weighted by Crippen LogP contribution is -2.69. The Kier molecular flexibility index (Phi) is 4.77. The van der Waals surface area contributed by atoms with E-state index in [1.165, 1.54) is 19.3 Å². The summed E-state index contributed by atoms with van der Waals surface area (Å²) in [6.45, 7) is 6.52. The summed E-state index contributed by atoms with van der Waals surface area (Å²) in [5.74, 6) is 0.280. The second-order valence-electron chi connectivity index (χ2n) is 7.43. The van der Waals surface area contributed by atoms with E-state index in [-0.39, 0.29) is 11.4 Å². The summed E-state index contributed by atoms with van der Waals surface area (Å²) in [5, 5.41) is 0. The Hall–Kier alpha value is -0.193. The molecule has 0 radical (unpaired) electrons. The molecule has 0 bridgehead atoms. The van der Waals surface area contributed by atoms with E-state index in [2.05, 4.69) is 19.6 Å². The van der Waals surface area contributed by atoms with Crippen LogP contribution in [0.1, 0.15) is 57.8 Å². The van der Waals surface area contributed by atoms with Crippen LogP contribution in [0.5, 0.6) is 0 Å². The van der Waals surface area contributed by atoms with Gasteiger partial charge in [-0.2, -0.15) is 0 Å². The van der Waals surface area contributed by atoms with Crippen LogP contribution in [-0.4, -0.2) is 32.4 Å². The molecule has 2 aliphatic rings. The summed E-state index contributed by atoms with van der Waals surface area (Å²) in [5.41, 5.74) is -1.01. The first-order chi connectivity index (χ1) is 9.35. The Balaban J connectivity index is 2.30. The number of ether oxygens (including phenoxy) is 1. The molecule has 0 aromatic carbocycles. The molecule has 0 aromatic heterocycles. The molecule has 0 spiro atoms. The van der Waals surface area contributed by atoms with Gasteiger partial charge in [-0.1, -0.05) is 32.1 Å². The Morgan fingerprint density at radius 1 is 0.950 bits per heavy atom. The maximum absolute atomic E-state index is 12.5. The van der Waals surface area contributed by atoms with Crippen LogP contribution < -0.4 is 0 Å². The summed E-state index contributed by atoms with van der Waals surface area (Å²) in [4.78, 5) is 12.5. The van der Waals surface area contributed by atoms with Crippen LogP contribution in [0.3, 0.4) is 0 Å². The van der Waals surface area contributed by atoms with Gasteiger partial charge in [-0.3, -0.25) is 4.79 Å². The van der Waals surface area contributed by atoms with Crippen molar-refractivity contribution in [3.8, 4) is 0 Å². The van der Waals surface area contributed by atoms with Crippen LogP contribution in [0.4, 0.5) is 0 Å². The molecule has 3 nitrogen and oxygen atoms in total. The first kappa shape index (κ1) is 16.2. The van der Waals surface area contributed by atoms with Crippen LogP contribution in [-0.2, 0) is 14.0 Å².